The van der Waals surface area contributed by atoms with Gasteiger partial charge in [-0.05, 0) is 26.0 Å². The van der Waals surface area contributed by atoms with E-state index in [1.54, 1.807) is 24.7 Å². The van der Waals surface area contributed by atoms with Crippen molar-refractivity contribution in [1.29, 1.82) is 0 Å². The van der Waals surface area contributed by atoms with Crippen LogP contribution in [0.25, 0.3) is 5.70 Å². The molecule has 15 heavy (non-hydrogen) atoms. The van der Waals surface area contributed by atoms with Crippen LogP contribution >= 0.6 is 0 Å². The van der Waals surface area contributed by atoms with Crippen molar-refractivity contribution in [2.75, 3.05) is 0 Å². The molecule has 0 aliphatic rings. The highest BCUT2D eigenvalue weighted by atomic mass is 15.3. The number of hydrogen-bond acceptors (Lipinski definition) is 5. The Morgan fingerprint density at radius 3 is 2.93 bits per heavy atom. The number of rotatable bonds is 4. The predicted octanol–water partition coefficient (Wildman–Crippen LogP) is 0.136. The maximum Gasteiger partial charge on any atom is 0.179 e. The van der Waals surface area contributed by atoms with Crippen molar-refractivity contribution in [3.8, 4) is 0 Å². The lowest BCUT2D eigenvalue weighted by atomic mass is 10.3. The van der Waals surface area contributed by atoms with Crippen LogP contribution in [0, 0.1) is 0 Å². The summed E-state index contributed by atoms with van der Waals surface area (Å²) in [5, 5.41) is 7.77. The number of nitrogens with one attached hydrogen (secondary N) is 1. The average molecular weight is 208 g/mol. The predicted molar refractivity (Wildman–Crippen MR) is 59.0 cm³/mol. The standard InChI is InChI=1S/C9H16N6/c1-7(2)15-6-13-14-9(15)8(10)4-3-5-12-11/h3-7,12H,10-11H2,1-2H3/b5-3-,8-4-. The van der Waals surface area contributed by atoms with Crippen molar-refractivity contribution in [2.24, 2.45) is 11.6 Å². The molecule has 0 fully saturated rings. The van der Waals surface area contributed by atoms with Gasteiger partial charge in [-0.25, -0.2) is 0 Å². The first-order chi connectivity index (χ1) is 7.16. The quantitative estimate of drug-likeness (QED) is 0.371. The molecule has 6 nitrogen and oxygen atoms in total. The Labute approximate surface area is 88.6 Å². The zero-order valence-corrected chi connectivity index (χ0v) is 8.88. The summed E-state index contributed by atoms with van der Waals surface area (Å²) in [5.41, 5.74) is 8.77. The zero-order valence-electron chi connectivity index (χ0n) is 8.88. The molecule has 0 spiro atoms. The van der Waals surface area contributed by atoms with Crippen LogP contribution in [0.15, 0.2) is 24.7 Å². The lowest BCUT2D eigenvalue weighted by Gasteiger charge is -2.09. The van der Waals surface area contributed by atoms with Crippen molar-refractivity contribution in [1.82, 2.24) is 20.2 Å². The molecule has 0 saturated heterocycles. The molecule has 0 saturated carbocycles. The lowest BCUT2D eigenvalue weighted by Crippen LogP contribution is -2.13. The first-order valence-corrected chi connectivity index (χ1v) is 4.65. The van der Waals surface area contributed by atoms with E-state index in [1.165, 1.54) is 0 Å². The fraction of sp³-hybridized carbons (Fsp3) is 0.333. The Morgan fingerprint density at radius 1 is 1.60 bits per heavy atom. The van der Waals surface area contributed by atoms with Gasteiger partial charge in [-0.2, -0.15) is 0 Å². The molecule has 0 aromatic carbocycles. The Balaban J connectivity index is 2.90. The molecule has 0 radical (unpaired) electrons. The fourth-order valence-corrected chi connectivity index (χ4v) is 1.11. The van der Waals surface area contributed by atoms with Crippen LogP contribution in [0.3, 0.4) is 0 Å². The van der Waals surface area contributed by atoms with Crippen LogP contribution < -0.4 is 17.0 Å². The van der Waals surface area contributed by atoms with Crippen molar-refractivity contribution >= 4 is 5.70 Å². The molecule has 0 amide bonds. The molecular formula is C9H16N6. The monoisotopic (exact) mass is 208 g/mol. The Kier molecular flexibility index (Phi) is 3.87. The van der Waals surface area contributed by atoms with Crippen molar-refractivity contribution in [3.63, 3.8) is 0 Å². The molecule has 1 aromatic rings. The van der Waals surface area contributed by atoms with Gasteiger partial charge < -0.3 is 15.7 Å². The summed E-state index contributed by atoms with van der Waals surface area (Å²) in [6.07, 6.45) is 6.64. The molecule has 0 aliphatic carbocycles. The van der Waals surface area contributed by atoms with Gasteiger partial charge in [-0.1, -0.05) is 0 Å². The van der Waals surface area contributed by atoms with Gasteiger partial charge in [-0.3, -0.25) is 5.84 Å². The van der Waals surface area contributed by atoms with E-state index in [2.05, 4.69) is 15.6 Å². The van der Waals surface area contributed by atoms with Crippen molar-refractivity contribution < 1.29 is 0 Å². The second kappa shape index (κ2) is 5.16. The molecule has 1 aromatic heterocycles. The van der Waals surface area contributed by atoms with Crippen molar-refractivity contribution in [2.45, 2.75) is 19.9 Å². The Hall–Kier alpha value is -1.82. The fourth-order valence-electron chi connectivity index (χ4n) is 1.11. The minimum absolute atomic E-state index is 0.276. The van der Waals surface area contributed by atoms with Gasteiger partial charge in [-0.15, -0.1) is 10.2 Å². The highest BCUT2D eigenvalue weighted by molar-refractivity contribution is 5.58. The van der Waals surface area contributed by atoms with E-state index in [0.717, 1.165) is 0 Å². The van der Waals surface area contributed by atoms with E-state index in [1.807, 2.05) is 18.4 Å². The number of allylic oxidation sites excluding steroid dienone is 2. The second-order valence-electron chi connectivity index (χ2n) is 3.30. The van der Waals surface area contributed by atoms with E-state index >= 15 is 0 Å². The third kappa shape index (κ3) is 2.81. The Morgan fingerprint density at radius 2 is 2.33 bits per heavy atom. The van der Waals surface area contributed by atoms with Gasteiger partial charge in [0.15, 0.2) is 5.82 Å². The van der Waals surface area contributed by atoms with Crippen LogP contribution in [0.5, 0.6) is 0 Å². The summed E-state index contributed by atoms with van der Waals surface area (Å²) in [5.74, 6) is 5.73. The summed E-state index contributed by atoms with van der Waals surface area (Å²) in [4.78, 5) is 0. The van der Waals surface area contributed by atoms with E-state index < -0.39 is 0 Å². The molecule has 0 atom stereocenters. The molecule has 82 valence electrons. The molecule has 0 unspecified atom stereocenters. The van der Waals surface area contributed by atoms with E-state index in [-0.39, 0.29) is 6.04 Å². The SMILES string of the molecule is CC(C)n1cnnc1/C(N)=C/C=C\NN. The van der Waals surface area contributed by atoms with Gasteiger partial charge in [0.1, 0.15) is 6.33 Å². The number of nitrogens with zero attached hydrogens (tertiary/aromatic N) is 3. The summed E-state index contributed by atoms with van der Waals surface area (Å²) < 4.78 is 1.90. The minimum atomic E-state index is 0.276. The van der Waals surface area contributed by atoms with Gasteiger partial charge in [0.05, 0.1) is 5.70 Å². The number of aromatic nitrogens is 3. The van der Waals surface area contributed by atoms with Gasteiger partial charge >= 0.3 is 0 Å². The highest BCUT2D eigenvalue weighted by Crippen LogP contribution is 2.11. The van der Waals surface area contributed by atoms with E-state index in [0.29, 0.717) is 11.5 Å². The molecular weight excluding hydrogens is 192 g/mol. The van der Waals surface area contributed by atoms with Crippen LogP contribution in [0.1, 0.15) is 25.7 Å². The van der Waals surface area contributed by atoms with E-state index in [9.17, 15) is 0 Å². The van der Waals surface area contributed by atoms with Crippen LogP contribution in [0.4, 0.5) is 0 Å². The third-order valence-electron chi connectivity index (χ3n) is 1.86. The second-order valence-corrected chi connectivity index (χ2v) is 3.30. The molecule has 0 bridgehead atoms. The minimum Gasteiger partial charge on any atom is -0.396 e. The number of hydrazine groups is 1. The number of hydrogen-bond donors (Lipinski definition) is 3. The summed E-state index contributed by atoms with van der Waals surface area (Å²) >= 11 is 0. The normalized spacial score (nSPS) is 12.7. The summed E-state index contributed by atoms with van der Waals surface area (Å²) in [7, 11) is 0. The molecule has 0 aliphatic heterocycles. The van der Waals surface area contributed by atoms with Crippen LogP contribution in [-0.4, -0.2) is 14.8 Å². The molecule has 1 rings (SSSR count). The summed E-state index contributed by atoms with van der Waals surface area (Å²) in [6.45, 7) is 4.08. The van der Waals surface area contributed by atoms with E-state index in [4.69, 9.17) is 11.6 Å². The van der Waals surface area contributed by atoms with Crippen LogP contribution in [-0.2, 0) is 0 Å². The van der Waals surface area contributed by atoms with Gasteiger partial charge in [0.25, 0.3) is 0 Å². The first kappa shape index (κ1) is 11.3. The van der Waals surface area contributed by atoms with Crippen LogP contribution in [0.2, 0.25) is 0 Å². The topological polar surface area (TPSA) is 94.8 Å². The Bertz CT molecular complexity index is 362. The molecule has 1 heterocycles. The average Bonchev–Trinajstić information content (AvgIpc) is 2.66. The van der Waals surface area contributed by atoms with Crippen molar-refractivity contribution in [3.05, 3.63) is 30.5 Å². The maximum atomic E-state index is 5.84. The third-order valence-corrected chi connectivity index (χ3v) is 1.86. The molecule has 6 heteroatoms. The smallest absolute Gasteiger partial charge is 0.179 e. The zero-order chi connectivity index (χ0) is 11.3. The van der Waals surface area contributed by atoms with Gasteiger partial charge in [0.2, 0.25) is 0 Å². The lowest BCUT2D eigenvalue weighted by molar-refractivity contribution is 0.590. The largest absolute Gasteiger partial charge is 0.396 e. The first-order valence-electron chi connectivity index (χ1n) is 4.65. The summed E-state index contributed by atoms with van der Waals surface area (Å²) in [6, 6.07) is 0.276. The maximum absolute atomic E-state index is 5.84. The van der Waals surface area contributed by atoms with Gasteiger partial charge in [0, 0.05) is 12.2 Å². The number of nitrogens with two attached hydrogens (primary N) is 2. The molecule has 5 N–H and O–H groups in total. The highest BCUT2D eigenvalue weighted by Gasteiger charge is 2.08.